The fraction of sp³-hybridized carbons (Fsp3) is 0.923. The van der Waals surface area contributed by atoms with Crippen molar-refractivity contribution in [2.75, 3.05) is 20.3 Å². The molecule has 0 aromatic heterocycles. The molecule has 0 bridgehead atoms. The Morgan fingerprint density at radius 2 is 2.35 bits per heavy atom. The molecule has 0 spiro atoms. The molecule has 100 valence electrons. The first-order chi connectivity index (χ1) is 8.03. The number of carbonyl (C=O) groups is 1. The molecule has 0 saturated heterocycles. The Morgan fingerprint density at radius 1 is 1.65 bits per heavy atom. The minimum absolute atomic E-state index is 0.144. The highest BCUT2D eigenvalue weighted by molar-refractivity contribution is 5.72. The smallest absolute Gasteiger partial charge is 0.309 e. The van der Waals surface area contributed by atoms with Crippen LogP contribution in [0.15, 0.2) is 0 Å². The Bertz CT molecular complexity index is 257. The van der Waals surface area contributed by atoms with Crippen LogP contribution in [0.4, 0.5) is 0 Å². The molecule has 1 rings (SSSR count). The molecule has 0 heterocycles. The van der Waals surface area contributed by atoms with Gasteiger partial charge in [0.2, 0.25) is 0 Å². The highest BCUT2D eigenvalue weighted by Gasteiger charge is 2.34. The van der Waals surface area contributed by atoms with Crippen LogP contribution in [0, 0.1) is 11.8 Å². The van der Waals surface area contributed by atoms with Crippen molar-refractivity contribution in [3.63, 3.8) is 0 Å². The second-order valence-corrected chi connectivity index (χ2v) is 5.45. The zero-order valence-corrected chi connectivity index (χ0v) is 11.2. The van der Waals surface area contributed by atoms with Gasteiger partial charge in [-0.25, -0.2) is 0 Å². The first-order valence-electron chi connectivity index (χ1n) is 6.47. The quantitative estimate of drug-likeness (QED) is 0.715. The van der Waals surface area contributed by atoms with Gasteiger partial charge in [0, 0.05) is 12.1 Å². The molecule has 1 saturated carbocycles. The zero-order chi connectivity index (χ0) is 12.9. The van der Waals surface area contributed by atoms with E-state index in [2.05, 4.69) is 12.2 Å². The third-order valence-electron chi connectivity index (χ3n) is 3.78. The Hall–Kier alpha value is -0.610. The fourth-order valence-corrected chi connectivity index (χ4v) is 2.67. The first kappa shape index (κ1) is 14.5. The highest BCUT2D eigenvalue weighted by Crippen LogP contribution is 2.32. The molecular weight excluding hydrogens is 218 g/mol. The number of hydrogen-bond acceptors (Lipinski definition) is 4. The van der Waals surface area contributed by atoms with Gasteiger partial charge in [0.05, 0.1) is 19.6 Å². The summed E-state index contributed by atoms with van der Waals surface area (Å²) in [4.78, 5) is 11.3. The lowest BCUT2D eigenvalue weighted by Gasteiger charge is -2.40. The lowest BCUT2D eigenvalue weighted by molar-refractivity contribution is -0.144. The van der Waals surface area contributed by atoms with Gasteiger partial charge in [0.15, 0.2) is 0 Å². The minimum Gasteiger partial charge on any atom is -0.469 e. The lowest BCUT2D eigenvalue weighted by atomic mass is 9.76. The molecule has 3 atom stereocenters. The molecule has 4 heteroatoms. The molecule has 0 aromatic carbocycles. The Labute approximate surface area is 104 Å². The second-order valence-electron chi connectivity index (χ2n) is 5.45. The predicted molar refractivity (Wildman–Crippen MR) is 66.6 cm³/mol. The second kappa shape index (κ2) is 6.36. The van der Waals surface area contributed by atoms with Crippen LogP contribution in [0.5, 0.6) is 0 Å². The van der Waals surface area contributed by atoms with Crippen molar-refractivity contribution in [1.82, 2.24) is 5.32 Å². The van der Waals surface area contributed by atoms with Gasteiger partial charge in [-0.1, -0.05) is 26.7 Å². The zero-order valence-electron chi connectivity index (χ0n) is 11.2. The van der Waals surface area contributed by atoms with Gasteiger partial charge in [0.25, 0.3) is 0 Å². The summed E-state index contributed by atoms with van der Waals surface area (Å²) in [5.41, 5.74) is -0.194. The molecule has 0 aliphatic heterocycles. The summed E-state index contributed by atoms with van der Waals surface area (Å²) in [6.45, 7) is 4.77. The van der Waals surface area contributed by atoms with E-state index in [1.54, 1.807) is 0 Å². The number of aliphatic hydroxyl groups is 1. The predicted octanol–water partition coefficient (Wildman–Crippen LogP) is 1.33. The summed E-state index contributed by atoms with van der Waals surface area (Å²) in [5.74, 6) is 0.270. The molecule has 0 aromatic rings. The summed E-state index contributed by atoms with van der Waals surface area (Å²) in [6, 6.07) is 0. The number of methoxy groups -OCH3 is 1. The molecule has 1 fully saturated rings. The maximum Gasteiger partial charge on any atom is 0.309 e. The van der Waals surface area contributed by atoms with Crippen LogP contribution in [0.2, 0.25) is 0 Å². The lowest BCUT2D eigenvalue weighted by Crippen LogP contribution is -2.53. The van der Waals surface area contributed by atoms with Crippen LogP contribution in [0.1, 0.15) is 39.5 Å². The molecule has 1 aliphatic rings. The molecular formula is C13H25NO3. The standard InChI is InChI=1S/C13H25NO3/c1-10-5-4-6-13(7-10,9-15)14-8-11(2)12(16)17-3/h10-11,14-15H,4-9H2,1-3H3. The van der Waals surface area contributed by atoms with Crippen LogP contribution in [0.3, 0.4) is 0 Å². The van der Waals surface area contributed by atoms with Crippen molar-refractivity contribution < 1.29 is 14.6 Å². The number of nitrogens with one attached hydrogen (secondary N) is 1. The molecule has 4 nitrogen and oxygen atoms in total. The summed E-state index contributed by atoms with van der Waals surface area (Å²) in [6.07, 6.45) is 4.34. The Kier molecular flexibility index (Phi) is 5.40. The van der Waals surface area contributed by atoms with Gasteiger partial charge >= 0.3 is 5.97 Å². The van der Waals surface area contributed by atoms with E-state index in [0.29, 0.717) is 12.5 Å². The van der Waals surface area contributed by atoms with Crippen LogP contribution in [0.25, 0.3) is 0 Å². The summed E-state index contributed by atoms with van der Waals surface area (Å²) in [7, 11) is 1.41. The molecule has 0 radical (unpaired) electrons. The van der Waals surface area contributed by atoms with Crippen LogP contribution in [-0.4, -0.2) is 36.9 Å². The topological polar surface area (TPSA) is 58.6 Å². The maximum absolute atomic E-state index is 11.3. The van der Waals surface area contributed by atoms with Gasteiger partial charge < -0.3 is 15.2 Å². The van der Waals surface area contributed by atoms with Crippen molar-refractivity contribution in [3.8, 4) is 0 Å². The molecule has 0 amide bonds. The number of aliphatic hydroxyl groups excluding tert-OH is 1. The van der Waals surface area contributed by atoms with Crippen molar-refractivity contribution in [2.24, 2.45) is 11.8 Å². The summed E-state index contributed by atoms with van der Waals surface area (Å²) in [5, 5.41) is 13.0. The van der Waals surface area contributed by atoms with Gasteiger partial charge in [-0.2, -0.15) is 0 Å². The van der Waals surface area contributed by atoms with Crippen molar-refractivity contribution in [2.45, 2.75) is 45.1 Å². The van der Waals surface area contributed by atoms with Gasteiger partial charge in [0.1, 0.15) is 0 Å². The Morgan fingerprint density at radius 3 is 2.88 bits per heavy atom. The van der Waals surface area contributed by atoms with E-state index in [0.717, 1.165) is 19.3 Å². The molecule has 17 heavy (non-hydrogen) atoms. The van der Waals surface area contributed by atoms with E-state index in [1.165, 1.54) is 13.5 Å². The SMILES string of the molecule is COC(=O)C(C)CNC1(CO)CCCC(C)C1. The van der Waals surface area contributed by atoms with Crippen molar-refractivity contribution >= 4 is 5.97 Å². The van der Waals surface area contributed by atoms with E-state index in [4.69, 9.17) is 4.74 Å². The summed E-state index contributed by atoms with van der Waals surface area (Å²) >= 11 is 0. The van der Waals surface area contributed by atoms with E-state index in [9.17, 15) is 9.90 Å². The van der Waals surface area contributed by atoms with Crippen LogP contribution >= 0.6 is 0 Å². The van der Waals surface area contributed by atoms with E-state index in [1.807, 2.05) is 6.92 Å². The third kappa shape index (κ3) is 3.96. The maximum atomic E-state index is 11.3. The first-order valence-corrected chi connectivity index (χ1v) is 6.47. The average molecular weight is 243 g/mol. The molecule has 2 N–H and O–H groups in total. The number of rotatable bonds is 5. The number of esters is 1. The van der Waals surface area contributed by atoms with Crippen LogP contribution < -0.4 is 5.32 Å². The third-order valence-corrected chi connectivity index (χ3v) is 3.78. The normalized spacial score (nSPS) is 30.9. The van der Waals surface area contributed by atoms with Gasteiger partial charge in [-0.15, -0.1) is 0 Å². The van der Waals surface area contributed by atoms with Gasteiger partial charge in [-0.3, -0.25) is 4.79 Å². The largest absolute Gasteiger partial charge is 0.469 e. The molecule has 3 unspecified atom stereocenters. The average Bonchev–Trinajstić information content (AvgIpc) is 2.35. The van der Waals surface area contributed by atoms with Crippen molar-refractivity contribution in [3.05, 3.63) is 0 Å². The number of hydrogen-bond donors (Lipinski definition) is 2. The van der Waals surface area contributed by atoms with E-state index >= 15 is 0 Å². The van der Waals surface area contributed by atoms with Crippen LogP contribution in [-0.2, 0) is 9.53 Å². The Balaban J connectivity index is 2.48. The van der Waals surface area contributed by atoms with Gasteiger partial charge in [-0.05, 0) is 18.8 Å². The van der Waals surface area contributed by atoms with E-state index in [-0.39, 0.29) is 24.0 Å². The van der Waals surface area contributed by atoms with Crippen molar-refractivity contribution in [1.29, 1.82) is 0 Å². The molecule has 1 aliphatic carbocycles. The summed E-state index contributed by atoms with van der Waals surface area (Å²) < 4.78 is 4.70. The highest BCUT2D eigenvalue weighted by atomic mass is 16.5. The minimum atomic E-state index is -0.200. The number of carbonyl (C=O) groups excluding carboxylic acids is 1. The fourth-order valence-electron chi connectivity index (χ4n) is 2.67. The monoisotopic (exact) mass is 243 g/mol. The van der Waals surface area contributed by atoms with E-state index < -0.39 is 0 Å². The number of ether oxygens (including phenoxy) is 1.